The smallest absolute Gasteiger partial charge is 0.159 e. The first-order chi connectivity index (χ1) is 8.74. The second-order valence-corrected chi connectivity index (χ2v) is 4.10. The molecule has 0 radical (unpaired) electrons. The van der Waals surface area contributed by atoms with Gasteiger partial charge in [0.25, 0.3) is 0 Å². The minimum atomic E-state index is 0.596. The molecule has 0 aliphatic rings. The Morgan fingerprint density at radius 3 is 2.56 bits per heavy atom. The van der Waals surface area contributed by atoms with E-state index in [0.717, 1.165) is 23.1 Å². The van der Waals surface area contributed by atoms with Crippen LogP contribution in [0.25, 0.3) is 11.4 Å². The summed E-state index contributed by atoms with van der Waals surface area (Å²) >= 11 is 0. The van der Waals surface area contributed by atoms with E-state index in [4.69, 9.17) is 11.0 Å². The van der Waals surface area contributed by atoms with Gasteiger partial charge in [0.05, 0.1) is 11.6 Å². The zero-order chi connectivity index (χ0) is 13.0. The fourth-order valence-electron chi connectivity index (χ4n) is 1.77. The standard InChI is InChI=1S/C14H14N4/c1-10-6-11(7-16)2-3-13(10)14-17-8-12(4-5-15)9-18-14/h2-3,6,8-9H,4-5,15H2,1H3. The van der Waals surface area contributed by atoms with Gasteiger partial charge in [-0.25, -0.2) is 9.97 Å². The summed E-state index contributed by atoms with van der Waals surface area (Å²) in [6.45, 7) is 2.55. The molecular formula is C14H14N4. The Hall–Kier alpha value is -2.25. The molecule has 4 heteroatoms. The highest BCUT2D eigenvalue weighted by atomic mass is 14.9. The van der Waals surface area contributed by atoms with Gasteiger partial charge >= 0.3 is 0 Å². The molecule has 90 valence electrons. The summed E-state index contributed by atoms with van der Waals surface area (Å²) in [5, 5.41) is 8.83. The third kappa shape index (κ3) is 2.53. The molecule has 0 unspecified atom stereocenters. The van der Waals surface area contributed by atoms with Crippen LogP contribution in [0, 0.1) is 18.3 Å². The summed E-state index contributed by atoms with van der Waals surface area (Å²) in [5.74, 6) is 0.678. The average molecular weight is 238 g/mol. The minimum absolute atomic E-state index is 0.596. The van der Waals surface area contributed by atoms with Crippen LogP contribution in [0.2, 0.25) is 0 Å². The van der Waals surface area contributed by atoms with Gasteiger partial charge in [-0.1, -0.05) is 0 Å². The lowest BCUT2D eigenvalue weighted by molar-refractivity contribution is 0.943. The van der Waals surface area contributed by atoms with E-state index in [0.29, 0.717) is 17.9 Å². The zero-order valence-corrected chi connectivity index (χ0v) is 10.2. The van der Waals surface area contributed by atoms with Gasteiger partial charge in [-0.3, -0.25) is 0 Å². The van der Waals surface area contributed by atoms with Crippen LogP contribution < -0.4 is 5.73 Å². The summed E-state index contributed by atoms with van der Waals surface area (Å²) in [7, 11) is 0. The first-order valence-electron chi connectivity index (χ1n) is 5.76. The number of nitrogens with zero attached hydrogens (tertiary/aromatic N) is 3. The highest BCUT2D eigenvalue weighted by Crippen LogP contribution is 2.20. The van der Waals surface area contributed by atoms with E-state index >= 15 is 0 Å². The number of hydrogen-bond acceptors (Lipinski definition) is 4. The Balaban J connectivity index is 2.34. The molecule has 0 spiro atoms. The number of aryl methyl sites for hydroxylation is 1. The Morgan fingerprint density at radius 1 is 1.28 bits per heavy atom. The Bertz CT molecular complexity index is 582. The van der Waals surface area contributed by atoms with Gasteiger partial charge in [-0.15, -0.1) is 0 Å². The second kappa shape index (κ2) is 5.39. The topological polar surface area (TPSA) is 75.6 Å². The highest BCUT2D eigenvalue weighted by Gasteiger charge is 2.05. The van der Waals surface area contributed by atoms with Crippen molar-refractivity contribution in [2.75, 3.05) is 6.54 Å². The maximum absolute atomic E-state index is 8.83. The van der Waals surface area contributed by atoms with Crippen molar-refractivity contribution in [1.29, 1.82) is 5.26 Å². The summed E-state index contributed by atoms with van der Waals surface area (Å²) in [4.78, 5) is 8.67. The molecule has 0 fully saturated rings. The fraction of sp³-hybridized carbons (Fsp3) is 0.214. The Kier molecular flexibility index (Phi) is 3.66. The van der Waals surface area contributed by atoms with Gasteiger partial charge in [0, 0.05) is 18.0 Å². The van der Waals surface area contributed by atoms with Crippen molar-refractivity contribution in [3.8, 4) is 17.5 Å². The van der Waals surface area contributed by atoms with Gasteiger partial charge in [-0.05, 0) is 49.2 Å². The lowest BCUT2D eigenvalue weighted by Gasteiger charge is -2.05. The normalized spacial score (nSPS) is 10.1. The third-order valence-corrected chi connectivity index (χ3v) is 2.73. The lowest BCUT2D eigenvalue weighted by Crippen LogP contribution is -2.04. The molecule has 18 heavy (non-hydrogen) atoms. The molecule has 0 aliphatic carbocycles. The SMILES string of the molecule is Cc1cc(C#N)ccc1-c1ncc(CCN)cn1. The molecule has 0 saturated carbocycles. The van der Waals surface area contributed by atoms with E-state index in [1.807, 2.05) is 19.1 Å². The second-order valence-electron chi connectivity index (χ2n) is 4.10. The predicted octanol–water partition coefficient (Wildman–Crippen LogP) is 1.82. The summed E-state index contributed by atoms with van der Waals surface area (Å²) in [6, 6.07) is 7.62. The van der Waals surface area contributed by atoms with Crippen molar-refractivity contribution < 1.29 is 0 Å². The van der Waals surface area contributed by atoms with E-state index in [9.17, 15) is 0 Å². The fourth-order valence-corrected chi connectivity index (χ4v) is 1.77. The highest BCUT2D eigenvalue weighted by molar-refractivity contribution is 5.61. The number of benzene rings is 1. The maximum Gasteiger partial charge on any atom is 0.159 e. The molecule has 1 aromatic carbocycles. The van der Waals surface area contributed by atoms with Gasteiger partial charge in [-0.2, -0.15) is 5.26 Å². The molecule has 4 nitrogen and oxygen atoms in total. The van der Waals surface area contributed by atoms with E-state index in [2.05, 4.69) is 16.0 Å². The van der Waals surface area contributed by atoms with Crippen LogP contribution in [0.5, 0.6) is 0 Å². The predicted molar refractivity (Wildman–Crippen MR) is 69.7 cm³/mol. The van der Waals surface area contributed by atoms with E-state index < -0.39 is 0 Å². The van der Waals surface area contributed by atoms with Crippen LogP contribution in [0.3, 0.4) is 0 Å². The first-order valence-corrected chi connectivity index (χ1v) is 5.76. The molecule has 0 bridgehead atoms. The van der Waals surface area contributed by atoms with Crippen LogP contribution in [-0.4, -0.2) is 16.5 Å². The van der Waals surface area contributed by atoms with Crippen molar-refractivity contribution in [1.82, 2.24) is 9.97 Å². The van der Waals surface area contributed by atoms with E-state index in [1.165, 1.54) is 0 Å². The molecule has 2 aromatic rings. The Morgan fingerprint density at radius 2 is 2.00 bits per heavy atom. The molecule has 0 atom stereocenters. The summed E-state index contributed by atoms with van der Waals surface area (Å²) in [5.41, 5.74) is 9.12. The third-order valence-electron chi connectivity index (χ3n) is 2.73. The van der Waals surface area contributed by atoms with Crippen LogP contribution in [0.4, 0.5) is 0 Å². The monoisotopic (exact) mass is 238 g/mol. The average Bonchev–Trinajstić information content (AvgIpc) is 2.40. The number of hydrogen-bond donors (Lipinski definition) is 1. The summed E-state index contributed by atoms with van der Waals surface area (Å²) < 4.78 is 0. The largest absolute Gasteiger partial charge is 0.330 e. The number of nitrogens with two attached hydrogens (primary N) is 1. The van der Waals surface area contributed by atoms with E-state index in [1.54, 1.807) is 18.5 Å². The number of rotatable bonds is 3. The van der Waals surface area contributed by atoms with Crippen molar-refractivity contribution >= 4 is 0 Å². The molecule has 0 amide bonds. The van der Waals surface area contributed by atoms with Gasteiger partial charge < -0.3 is 5.73 Å². The van der Waals surface area contributed by atoms with Gasteiger partial charge in [0.15, 0.2) is 5.82 Å². The van der Waals surface area contributed by atoms with Crippen LogP contribution >= 0.6 is 0 Å². The lowest BCUT2D eigenvalue weighted by atomic mass is 10.0. The molecule has 1 aromatic heterocycles. The molecule has 2 N–H and O–H groups in total. The molecule has 1 heterocycles. The van der Waals surface area contributed by atoms with Crippen LogP contribution in [0.1, 0.15) is 16.7 Å². The molecular weight excluding hydrogens is 224 g/mol. The van der Waals surface area contributed by atoms with Crippen LogP contribution in [-0.2, 0) is 6.42 Å². The van der Waals surface area contributed by atoms with Crippen molar-refractivity contribution in [2.45, 2.75) is 13.3 Å². The first kappa shape index (κ1) is 12.2. The van der Waals surface area contributed by atoms with Crippen molar-refractivity contribution in [3.63, 3.8) is 0 Å². The summed E-state index contributed by atoms with van der Waals surface area (Å²) in [6.07, 6.45) is 4.38. The van der Waals surface area contributed by atoms with E-state index in [-0.39, 0.29) is 0 Å². The molecule has 0 aliphatic heterocycles. The van der Waals surface area contributed by atoms with Crippen molar-refractivity contribution in [3.05, 3.63) is 47.3 Å². The van der Waals surface area contributed by atoms with Crippen LogP contribution in [0.15, 0.2) is 30.6 Å². The Labute approximate surface area is 106 Å². The number of aromatic nitrogens is 2. The molecule has 0 saturated heterocycles. The molecule has 2 rings (SSSR count). The van der Waals surface area contributed by atoms with Gasteiger partial charge in [0.1, 0.15) is 0 Å². The quantitative estimate of drug-likeness (QED) is 0.885. The minimum Gasteiger partial charge on any atom is -0.330 e. The maximum atomic E-state index is 8.83. The zero-order valence-electron chi connectivity index (χ0n) is 10.2. The number of nitriles is 1. The van der Waals surface area contributed by atoms with Gasteiger partial charge in [0.2, 0.25) is 0 Å². The van der Waals surface area contributed by atoms with Crippen molar-refractivity contribution in [2.24, 2.45) is 5.73 Å².